The molecule has 1 nitrogen and oxygen atoms in total. The van der Waals surface area contributed by atoms with Crippen LogP contribution in [-0.2, 0) is 0 Å². The summed E-state index contributed by atoms with van der Waals surface area (Å²) in [6.45, 7) is 0. The van der Waals surface area contributed by atoms with Crippen LogP contribution in [0.2, 0.25) is 0 Å². The van der Waals surface area contributed by atoms with Crippen LogP contribution < -0.4 is 5.32 Å². The standard InChI is InChI=1S/C42H33NS/c1-5-13-33(14-6-1)34-21-23-35(24-22-34)36-25-27-37(28-26-36)43-38-29-31-42(32-30-38)44(39-15-7-2-8-16-39,40-17-9-3-10-18-40)41-19-11-4-12-20-41/h1-32,43H. The van der Waals surface area contributed by atoms with Gasteiger partial charge in [0.05, 0.1) is 0 Å². The topological polar surface area (TPSA) is 12.0 Å². The van der Waals surface area contributed by atoms with Gasteiger partial charge in [-0.3, -0.25) is 0 Å². The van der Waals surface area contributed by atoms with E-state index >= 15 is 0 Å². The summed E-state index contributed by atoms with van der Waals surface area (Å²) in [5, 5.41) is 3.62. The quantitative estimate of drug-likeness (QED) is 0.188. The van der Waals surface area contributed by atoms with Gasteiger partial charge in [0.25, 0.3) is 0 Å². The van der Waals surface area contributed by atoms with Gasteiger partial charge >= 0.3 is 0 Å². The van der Waals surface area contributed by atoms with E-state index in [1.165, 1.54) is 41.8 Å². The van der Waals surface area contributed by atoms with Gasteiger partial charge in [0, 0.05) is 31.0 Å². The van der Waals surface area contributed by atoms with Gasteiger partial charge in [0.1, 0.15) is 0 Å². The summed E-state index contributed by atoms with van der Waals surface area (Å²) >= 11 is 0. The number of hydrogen-bond donors (Lipinski definition) is 1. The third kappa shape index (κ3) is 5.44. The molecule has 0 aliphatic heterocycles. The molecule has 0 unspecified atom stereocenters. The first kappa shape index (κ1) is 27.5. The smallest absolute Gasteiger partial charge is 0.0384 e. The Balaban J connectivity index is 1.17. The molecule has 0 radical (unpaired) electrons. The number of rotatable bonds is 8. The molecule has 0 aromatic heterocycles. The molecular weight excluding hydrogens is 551 g/mol. The normalized spacial score (nSPS) is 11.5. The summed E-state index contributed by atoms with van der Waals surface area (Å²) in [6.07, 6.45) is 0. The second-order valence-electron chi connectivity index (χ2n) is 10.7. The molecule has 0 spiro atoms. The van der Waals surface area contributed by atoms with Gasteiger partial charge in [-0.05, 0) is 95.1 Å². The molecule has 0 bridgehead atoms. The SMILES string of the molecule is c1ccc(-c2ccc(-c3ccc(Nc4ccc(S(c5ccccc5)(c5ccccc5)c5ccccc5)cc4)cc3)cc2)cc1. The number of hydrogen-bond acceptors (Lipinski definition) is 1. The first-order valence-electron chi connectivity index (χ1n) is 14.9. The monoisotopic (exact) mass is 583 g/mol. The molecule has 212 valence electrons. The molecule has 0 amide bonds. The minimum atomic E-state index is -1.69. The summed E-state index contributed by atoms with van der Waals surface area (Å²) in [7, 11) is -1.69. The zero-order valence-corrected chi connectivity index (χ0v) is 25.2. The molecule has 44 heavy (non-hydrogen) atoms. The van der Waals surface area contributed by atoms with E-state index in [4.69, 9.17) is 0 Å². The highest BCUT2D eigenvalue weighted by Gasteiger charge is 2.32. The van der Waals surface area contributed by atoms with Crippen LogP contribution in [0.15, 0.2) is 214 Å². The van der Waals surface area contributed by atoms with Crippen molar-refractivity contribution < 1.29 is 0 Å². The highest BCUT2D eigenvalue weighted by Crippen LogP contribution is 2.73. The first-order valence-corrected chi connectivity index (χ1v) is 16.6. The molecular formula is C42H33NS. The highest BCUT2D eigenvalue weighted by molar-refractivity contribution is 8.34. The second-order valence-corrected chi connectivity index (χ2v) is 13.8. The Morgan fingerprint density at radius 2 is 0.523 bits per heavy atom. The molecule has 0 saturated carbocycles. The van der Waals surface area contributed by atoms with Crippen molar-refractivity contribution >= 4 is 21.4 Å². The fourth-order valence-corrected chi connectivity index (χ4v) is 9.70. The van der Waals surface area contributed by atoms with Crippen molar-refractivity contribution in [3.63, 3.8) is 0 Å². The number of benzene rings is 7. The van der Waals surface area contributed by atoms with Gasteiger partial charge in [0.15, 0.2) is 0 Å². The fraction of sp³-hybridized carbons (Fsp3) is 0. The maximum absolute atomic E-state index is 3.62. The van der Waals surface area contributed by atoms with E-state index in [1.807, 2.05) is 0 Å². The van der Waals surface area contributed by atoms with E-state index in [-0.39, 0.29) is 0 Å². The van der Waals surface area contributed by atoms with Crippen LogP contribution in [0.3, 0.4) is 0 Å². The molecule has 1 N–H and O–H groups in total. The first-order chi connectivity index (χ1) is 21.8. The molecule has 0 aliphatic carbocycles. The predicted molar refractivity (Wildman–Crippen MR) is 187 cm³/mol. The van der Waals surface area contributed by atoms with Crippen molar-refractivity contribution in [1.29, 1.82) is 0 Å². The maximum Gasteiger partial charge on any atom is 0.0384 e. The van der Waals surface area contributed by atoms with E-state index in [0.29, 0.717) is 0 Å². The van der Waals surface area contributed by atoms with Crippen molar-refractivity contribution in [2.75, 3.05) is 5.32 Å². The minimum Gasteiger partial charge on any atom is -0.356 e. The molecule has 0 aliphatic rings. The van der Waals surface area contributed by atoms with Crippen LogP contribution in [0, 0.1) is 0 Å². The van der Waals surface area contributed by atoms with Crippen LogP contribution >= 0.6 is 10.0 Å². The van der Waals surface area contributed by atoms with E-state index in [0.717, 1.165) is 11.4 Å². The average molecular weight is 584 g/mol. The number of anilines is 2. The molecule has 7 rings (SSSR count). The zero-order chi connectivity index (χ0) is 29.6. The molecule has 7 aromatic rings. The Kier molecular flexibility index (Phi) is 7.82. The second kappa shape index (κ2) is 12.5. The number of nitrogens with one attached hydrogen (secondary N) is 1. The highest BCUT2D eigenvalue weighted by atomic mass is 32.3. The van der Waals surface area contributed by atoms with Crippen LogP contribution in [0.4, 0.5) is 11.4 Å². The molecule has 0 atom stereocenters. The molecule has 7 aromatic carbocycles. The van der Waals surface area contributed by atoms with Crippen molar-refractivity contribution in [3.05, 3.63) is 194 Å². The van der Waals surface area contributed by atoms with Crippen molar-refractivity contribution in [3.8, 4) is 22.3 Å². The zero-order valence-electron chi connectivity index (χ0n) is 24.4. The lowest BCUT2D eigenvalue weighted by molar-refractivity contribution is 1.24. The summed E-state index contributed by atoms with van der Waals surface area (Å²) in [5.74, 6) is 0. The van der Waals surface area contributed by atoms with Gasteiger partial charge in [-0.2, -0.15) is 0 Å². The Labute approximate surface area is 261 Å². The Bertz CT molecular complexity index is 1820. The predicted octanol–water partition coefficient (Wildman–Crippen LogP) is 12.1. The van der Waals surface area contributed by atoms with Gasteiger partial charge in [-0.15, -0.1) is 10.0 Å². The van der Waals surface area contributed by atoms with Gasteiger partial charge in [-0.1, -0.05) is 121 Å². The molecule has 2 heteroatoms. The Morgan fingerprint density at radius 1 is 0.250 bits per heavy atom. The third-order valence-corrected chi connectivity index (χ3v) is 11.9. The largest absolute Gasteiger partial charge is 0.356 e. The molecule has 0 saturated heterocycles. The molecule has 0 heterocycles. The van der Waals surface area contributed by atoms with E-state index in [2.05, 4.69) is 199 Å². The summed E-state index contributed by atoms with van der Waals surface area (Å²) in [5.41, 5.74) is 7.01. The van der Waals surface area contributed by atoms with Gasteiger partial charge < -0.3 is 5.32 Å². The van der Waals surface area contributed by atoms with Crippen LogP contribution in [-0.4, -0.2) is 0 Å². The lowest BCUT2D eigenvalue weighted by Crippen LogP contribution is -2.05. The van der Waals surface area contributed by atoms with Crippen LogP contribution in [0.25, 0.3) is 22.3 Å². The summed E-state index contributed by atoms with van der Waals surface area (Å²) in [4.78, 5) is 5.28. The lowest BCUT2D eigenvalue weighted by atomic mass is 10.0. The van der Waals surface area contributed by atoms with Crippen molar-refractivity contribution in [2.24, 2.45) is 0 Å². The Hall–Kier alpha value is -5.31. The van der Waals surface area contributed by atoms with Crippen LogP contribution in [0.1, 0.15) is 0 Å². The van der Waals surface area contributed by atoms with Gasteiger partial charge in [-0.25, -0.2) is 0 Å². The van der Waals surface area contributed by atoms with E-state index < -0.39 is 10.0 Å². The van der Waals surface area contributed by atoms with Crippen LogP contribution in [0.5, 0.6) is 0 Å². The van der Waals surface area contributed by atoms with Crippen molar-refractivity contribution in [1.82, 2.24) is 0 Å². The maximum atomic E-state index is 3.62. The third-order valence-electron chi connectivity index (χ3n) is 8.00. The van der Waals surface area contributed by atoms with E-state index in [9.17, 15) is 0 Å². The van der Waals surface area contributed by atoms with E-state index in [1.54, 1.807) is 0 Å². The Morgan fingerprint density at radius 3 is 0.909 bits per heavy atom. The summed E-state index contributed by atoms with van der Waals surface area (Å²) < 4.78 is 0. The average Bonchev–Trinajstić information content (AvgIpc) is 3.12. The molecule has 0 fully saturated rings. The fourth-order valence-electron chi connectivity index (χ4n) is 5.83. The lowest BCUT2D eigenvalue weighted by Gasteiger charge is -2.42. The van der Waals surface area contributed by atoms with Crippen molar-refractivity contribution in [2.45, 2.75) is 19.6 Å². The summed E-state index contributed by atoms with van der Waals surface area (Å²) in [6, 6.07) is 69.9. The minimum absolute atomic E-state index is 1.06. The van der Waals surface area contributed by atoms with Gasteiger partial charge in [0.2, 0.25) is 0 Å².